The first-order valence-electron chi connectivity index (χ1n) is 4.60. The molecule has 0 aliphatic rings. The van der Waals surface area contributed by atoms with E-state index >= 15 is 0 Å². The van der Waals surface area contributed by atoms with Crippen molar-refractivity contribution in [3.63, 3.8) is 0 Å². The number of alkyl halides is 3. The van der Waals surface area contributed by atoms with Crippen molar-refractivity contribution in [2.45, 2.75) is 25.8 Å². The Morgan fingerprint density at radius 2 is 2.06 bits per heavy atom. The average Bonchev–Trinajstić information content (AvgIpc) is 2.25. The van der Waals surface area contributed by atoms with Crippen molar-refractivity contribution in [2.75, 3.05) is 12.4 Å². The first-order chi connectivity index (χ1) is 7.43. The van der Waals surface area contributed by atoms with Gasteiger partial charge in [-0.25, -0.2) is 4.98 Å². The first-order valence-corrected chi connectivity index (χ1v) is 4.60. The Bertz CT molecular complexity index is 326. The molecular weight excluding hydrogens is 223 g/mol. The van der Waals surface area contributed by atoms with Gasteiger partial charge >= 0.3 is 6.18 Å². The van der Waals surface area contributed by atoms with Gasteiger partial charge in [0.2, 0.25) is 0 Å². The summed E-state index contributed by atoms with van der Waals surface area (Å²) in [6.07, 6.45) is -3.36. The highest BCUT2D eigenvalue weighted by molar-refractivity contribution is 5.29. The third-order valence-corrected chi connectivity index (χ3v) is 1.90. The number of nitrogens with zero attached hydrogens (tertiary/aromatic N) is 2. The zero-order valence-electron chi connectivity index (χ0n) is 8.88. The van der Waals surface area contributed by atoms with Crippen molar-refractivity contribution in [3.05, 3.63) is 18.1 Å². The van der Waals surface area contributed by atoms with Crippen molar-refractivity contribution >= 4 is 5.82 Å². The molecule has 0 saturated carbocycles. The van der Waals surface area contributed by atoms with Gasteiger partial charge in [-0.3, -0.25) is 4.98 Å². The molecule has 0 aliphatic carbocycles. The van der Waals surface area contributed by atoms with Gasteiger partial charge in [0.05, 0.1) is 24.7 Å². The van der Waals surface area contributed by atoms with E-state index in [9.17, 15) is 13.2 Å². The number of anilines is 1. The first kappa shape index (κ1) is 12.7. The van der Waals surface area contributed by atoms with Crippen LogP contribution >= 0.6 is 0 Å². The van der Waals surface area contributed by atoms with E-state index in [0.717, 1.165) is 6.92 Å². The van der Waals surface area contributed by atoms with Crippen molar-refractivity contribution in [1.29, 1.82) is 0 Å². The third kappa shape index (κ3) is 3.65. The van der Waals surface area contributed by atoms with Crippen LogP contribution in [0.3, 0.4) is 0 Å². The summed E-state index contributed by atoms with van der Waals surface area (Å²) < 4.78 is 40.9. The number of ether oxygens (including phenoxy) is 1. The Hall–Kier alpha value is -1.37. The topological polar surface area (TPSA) is 47.0 Å². The minimum Gasteiger partial charge on any atom is -0.372 e. The van der Waals surface area contributed by atoms with Gasteiger partial charge in [0.15, 0.2) is 6.10 Å². The largest absolute Gasteiger partial charge is 0.414 e. The van der Waals surface area contributed by atoms with E-state index in [2.05, 4.69) is 20.0 Å². The number of nitrogens with one attached hydrogen (secondary N) is 1. The van der Waals surface area contributed by atoms with Crippen LogP contribution in [0.15, 0.2) is 12.4 Å². The molecule has 0 saturated heterocycles. The van der Waals surface area contributed by atoms with Crippen LogP contribution < -0.4 is 5.32 Å². The highest BCUT2D eigenvalue weighted by atomic mass is 19.4. The molecule has 1 atom stereocenters. The minimum atomic E-state index is -4.35. The minimum absolute atomic E-state index is 0.211. The summed E-state index contributed by atoms with van der Waals surface area (Å²) in [6.45, 7) is 0.743. The smallest absolute Gasteiger partial charge is 0.372 e. The predicted octanol–water partition coefficient (Wildman–Crippen LogP) is 1.99. The molecule has 1 N–H and O–H groups in total. The van der Waals surface area contributed by atoms with E-state index in [-0.39, 0.29) is 6.61 Å². The van der Waals surface area contributed by atoms with Gasteiger partial charge in [-0.1, -0.05) is 0 Å². The highest BCUT2D eigenvalue weighted by Crippen LogP contribution is 2.22. The maximum Gasteiger partial charge on any atom is 0.414 e. The molecule has 0 radical (unpaired) electrons. The lowest BCUT2D eigenvalue weighted by atomic mass is 10.4. The molecule has 1 heterocycles. The molecule has 16 heavy (non-hydrogen) atoms. The van der Waals surface area contributed by atoms with Crippen LogP contribution in [0.4, 0.5) is 19.0 Å². The molecular formula is C9H12F3N3O. The SMILES string of the molecule is CNc1cnc(COC(C)C(F)(F)F)cn1. The van der Waals surface area contributed by atoms with E-state index in [0.29, 0.717) is 11.5 Å². The second-order valence-electron chi connectivity index (χ2n) is 3.14. The van der Waals surface area contributed by atoms with E-state index in [1.54, 1.807) is 7.05 Å². The molecule has 1 aromatic rings. The van der Waals surface area contributed by atoms with Crippen LogP contribution in [0.5, 0.6) is 0 Å². The summed E-state index contributed by atoms with van der Waals surface area (Å²) >= 11 is 0. The average molecular weight is 235 g/mol. The van der Waals surface area contributed by atoms with Crippen LogP contribution in [0.1, 0.15) is 12.6 Å². The second-order valence-corrected chi connectivity index (χ2v) is 3.14. The fourth-order valence-corrected chi connectivity index (χ4v) is 0.863. The van der Waals surface area contributed by atoms with Gasteiger partial charge in [-0.2, -0.15) is 13.2 Å². The molecule has 7 heteroatoms. The van der Waals surface area contributed by atoms with Crippen LogP contribution in [0.2, 0.25) is 0 Å². The highest BCUT2D eigenvalue weighted by Gasteiger charge is 2.36. The van der Waals surface area contributed by atoms with Crippen molar-refractivity contribution in [2.24, 2.45) is 0 Å². The molecule has 0 spiro atoms. The second kappa shape index (κ2) is 5.11. The van der Waals surface area contributed by atoms with Crippen LogP contribution in [0, 0.1) is 0 Å². The maximum atomic E-state index is 12.1. The molecule has 0 fully saturated rings. The zero-order chi connectivity index (χ0) is 12.2. The monoisotopic (exact) mass is 235 g/mol. The van der Waals surface area contributed by atoms with Crippen molar-refractivity contribution in [1.82, 2.24) is 9.97 Å². The molecule has 0 aliphatic heterocycles. The predicted molar refractivity (Wildman–Crippen MR) is 51.9 cm³/mol. The number of hydrogen-bond acceptors (Lipinski definition) is 4. The van der Waals surface area contributed by atoms with Crippen LogP contribution in [0.25, 0.3) is 0 Å². The third-order valence-electron chi connectivity index (χ3n) is 1.90. The zero-order valence-corrected chi connectivity index (χ0v) is 8.88. The Morgan fingerprint density at radius 1 is 1.38 bits per heavy atom. The van der Waals surface area contributed by atoms with Crippen LogP contribution in [-0.4, -0.2) is 29.3 Å². The number of halogens is 3. The summed E-state index contributed by atoms with van der Waals surface area (Å²) in [5.74, 6) is 0.549. The summed E-state index contributed by atoms with van der Waals surface area (Å²) in [7, 11) is 1.67. The van der Waals surface area contributed by atoms with E-state index in [4.69, 9.17) is 0 Å². The Balaban J connectivity index is 2.48. The normalized spacial score (nSPS) is 13.6. The van der Waals surface area contributed by atoms with Crippen molar-refractivity contribution in [3.8, 4) is 0 Å². The Kier molecular flexibility index (Phi) is 4.05. The summed E-state index contributed by atoms with van der Waals surface area (Å²) in [5, 5.41) is 2.75. The summed E-state index contributed by atoms with van der Waals surface area (Å²) in [5.41, 5.74) is 0.357. The quantitative estimate of drug-likeness (QED) is 0.866. The molecule has 1 aromatic heterocycles. The lowest BCUT2D eigenvalue weighted by Crippen LogP contribution is -2.28. The number of aromatic nitrogens is 2. The lowest BCUT2D eigenvalue weighted by Gasteiger charge is -2.15. The van der Waals surface area contributed by atoms with Crippen LogP contribution in [-0.2, 0) is 11.3 Å². The Morgan fingerprint density at radius 3 is 2.50 bits per heavy atom. The molecule has 1 unspecified atom stereocenters. The molecule has 90 valence electrons. The fraction of sp³-hybridized carbons (Fsp3) is 0.556. The maximum absolute atomic E-state index is 12.1. The fourth-order valence-electron chi connectivity index (χ4n) is 0.863. The van der Waals surface area contributed by atoms with Gasteiger partial charge in [-0.15, -0.1) is 0 Å². The molecule has 0 bridgehead atoms. The lowest BCUT2D eigenvalue weighted by molar-refractivity contribution is -0.217. The molecule has 4 nitrogen and oxygen atoms in total. The molecule has 0 aromatic carbocycles. The Labute approximate surface area is 90.9 Å². The van der Waals surface area contributed by atoms with Gasteiger partial charge < -0.3 is 10.1 Å². The van der Waals surface area contributed by atoms with E-state index in [1.165, 1.54) is 12.4 Å². The summed E-state index contributed by atoms with van der Waals surface area (Å²) in [4.78, 5) is 7.79. The van der Waals surface area contributed by atoms with Gasteiger partial charge in [0.1, 0.15) is 5.82 Å². The van der Waals surface area contributed by atoms with E-state index in [1.807, 2.05) is 0 Å². The summed E-state index contributed by atoms with van der Waals surface area (Å²) in [6, 6.07) is 0. The molecule has 1 rings (SSSR count). The van der Waals surface area contributed by atoms with Gasteiger partial charge in [-0.05, 0) is 6.92 Å². The standard InChI is InChI=1S/C9H12F3N3O/c1-6(9(10,11)12)16-5-7-3-15-8(13-2)4-14-7/h3-4,6H,5H2,1-2H3,(H,13,15). The number of hydrogen-bond donors (Lipinski definition) is 1. The van der Waals surface area contributed by atoms with Gasteiger partial charge in [0.25, 0.3) is 0 Å². The number of rotatable bonds is 4. The van der Waals surface area contributed by atoms with E-state index < -0.39 is 12.3 Å². The van der Waals surface area contributed by atoms with Gasteiger partial charge in [0, 0.05) is 7.05 Å². The molecule has 0 amide bonds. The van der Waals surface area contributed by atoms with Crippen molar-refractivity contribution < 1.29 is 17.9 Å².